The van der Waals surface area contributed by atoms with Crippen molar-refractivity contribution in [1.82, 2.24) is 0 Å². The summed E-state index contributed by atoms with van der Waals surface area (Å²) in [4.78, 5) is 32.5. The van der Waals surface area contributed by atoms with E-state index in [1.54, 1.807) is 12.1 Å². The Kier molecular flexibility index (Phi) is 6.83. The van der Waals surface area contributed by atoms with Crippen LogP contribution in [-0.4, -0.2) is 26.3 Å². The van der Waals surface area contributed by atoms with E-state index in [9.17, 15) is 9.59 Å². The van der Waals surface area contributed by atoms with Crippen LogP contribution in [0.1, 0.15) is 43.5 Å². The summed E-state index contributed by atoms with van der Waals surface area (Å²) in [5, 5.41) is 5.52. The van der Waals surface area contributed by atoms with E-state index in [4.69, 9.17) is 4.74 Å². The Labute approximate surface area is 155 Å². The van der Waals surface area contributed by atoms with Gasteiger partial charge in [-0.2, -0.15) is 0 Å². The maximum Gasteiger partial charge on any atom is 0.543 e. The summed E-state index contributed by atoms with van der Waals surface area (Å²) in [5.74, 6) is 0.0349. The fourth-order valence-corrected chi connectivity index (χ4v) is 4.18. The standard InChI is InChI=1S/C19H28O6Si/c1-13-6-7-14(2)17(12-13)22-19(21)24-25-23-18(20)15-8-10-16(11-9-15)26(3,4)5/h8-11,13-14,17H,6-7,12H2,1-5H3. The fraction of sp³-hybridized carbons (Fsp3) is 0.579. The van der Waals surface area contributed by atoms with Crippen molar-refractivity contribution >= 4 is 25.4 Å². The van der Waals surface area contributed by atoms with Crippen molar-refractivity contribution in [1.29, 1.82) is 0 Å². The van der Waals surface area contributed by atoms with E-state index in [2.05, 4.69) is 41.4 Å². The lowest BCUT2D eigenvalue weighted by molar-refractivity contribution is -0.453. The summed E-state index contributed by atoms with van der Waals surface area (Å²) in [6.07, 6.45) is 1.71. The third-order valence-corrected chi connectivity index (χ3v) is 6.90. The zero-order valence-corrected chi connectivity index (χ0v) is 17.1. The molecule has 0 amide bonds. The van der Waals surface area contributed by atoms with Crippen molar-refractivity contribution in [3.8, 4) is 0 Å². The van der Waals surface area contributed by atoms with Crippen LogP contribution in [0.3, 0.4) is 0 Å². The van der Waals surface area contributed by atoms with Crippen molar-refractivity contribution in [2.45, 2.75) is 58.9 Å². The molecule has 0 radical (unpaired) electrons. The van der Waals surface area contributed by atoms with Crippen LogP contribution in [0, 0.1) is 11.8 Å². The van der Waals surface area contributed by atoms with E-state index < -0.39 is 20.2 Å². The summed E-state index contributed by atoms with van der Waals surface area (Å²) in [6, 6.07) is 7.15. The lowest BCUT2D eigenvalue weighted by atomic mass is 9.82. The Morgan fingerprint density at radius 3 is 2.27 bits per heavy atom. The second-order valence-corrected chi connectivity index (χ2v) is 13.2. The molecule has 0 saturated heterocycles. The maximum absolute atomic E-state index is 11.9. The second-order valence-electron chi connectivity index (χ2n) is 8.15. The monoisotopic (exact) mass is 380 g/mol. The van der Waals surface area contributed by atoms with Crippen LogP contribution in [0.4, 0.5) is 4.79 Å². The largest absolute Gasteiger partial charge is 0.543 e. The van der Waals surface area contributed by atoms with Gasteiger partial charge in [-0.25, -0.2) is 14.5 Å². The second kappa shape index (κ2) is 8.68. The first-order chi connectivity index (χ1) is 12.2. The molecule has 7 heteroatoms. The quantitative estimate of drug-likeness (QED) is 0.330. The minimum atomic E-state index is -1.43. The summed E-state index contributed by atoms with van der Waals surface area (Å²) < 4.78 is 5.24. The molecule has 3 unspecified atom stereocenters. The predicted molar refractivity (Wildman–Crippen MR) is 99.5 cm³/mol. The van der Waals surface area contributed by atoms with Gasteiger partial charge in [0.2, 0.25) is 0 Å². The Morgan fingerprint density at radius 2 is 1.65 bits per heavy atom. The third kappa shape index (κ3) is 5.84. The maximum atomic E-state index is 11.9. The van der Waals surface area contributed by atoms with Crippen molar-refractivity contribution < 1.29 is 29.1 Å². The molecule has 0 bridgehead atoms. The molecule has 0 heterocycles. The van der Waals surface area contributed by atoms with Crippen LogP contribution < -0.4 is 5.19 Å². The number of carbonyl (C=O) groups is 2. The minimum absolute atomic E-state index is 0.209. The Hall–Kier alpha value is -1.86. The Bertz CT molecular complexity index is 622. The number of hydrogen-bond donors (Lipinski definition) is 0. The molecule has 0 N–H and O–H groups in total. The lowest BCUT2D eigenvalue weighted by Gasteiger charge is -2.31. The van der Waals surface area contributed by atoms with Crippen LogP contribution in [-0.2, 0) is 19.6 Å². The van der Waals surface area contributed by atoms with Crippen molar-refractivity contribution in [2.24, 2.45) is 11.8 Å². The van der Waals surface area contributed by atoms with E-state index in [-0.39, 0.29) is 12.0 Å². The van der Waals surface area contributed by atoms with Crippen molar-refractivity contribution in [3.63, 3.8) is 0 Å². The highest BCUT2D eigenvalue weighted by atomic mass is 28.3. The molecular weight excluding hydrogens is 352 g/mol. The Morgan fingerprint density at radius 1 is 1.00 bits per heavy atom. The van der Waals surface area contributed by atoms with E-state index >= 15 is 0 Å². The van der Waals surface area contributed by atoms with Gasteiger partial charge in [-0.15, -0.1) is 0 Å². The Balaban J connectivity index is 1.76. The zero-order chi connectivity index (χ0) is 19.3. The zero-order valence-electron chi connectivity index (χ0n) is 16.1. The highest BCUT2D eigenvalue weighted by molar-refractivity contribution is 6.88. The number of ether oxygens (including phenoxy) is 1. The average molecular weight is 381 g/mol. The molecule has 26 heavy (non-hydrogen) atoms. The van der Waals surface area contributed by atoms with Gasteiger partial charge in [-0.3, -0.25) is 4.89 Å². The number of rotatable bonds is 5. The number of carbonyl (C=O) groups excluding carboxylic acids is 2. The molecule has 1 aliphatic carbocycles. The van der Waals surface area contributed by atoms with Gasteiger partial charge < -0.3 is 4.74 Å². The van der Waals surface area contributed by atoms with E-state index in [0.717, 1.165) is 19.3 Å². The number of benzene rings is 1. The molecule has 0 spiro atoms. The summed E-state index contributed by atoms with van der Waals surface area (Å²) in [6.45, 7) is 10.8. The SMILES string of the molecule is CC1CCC(C)C(OC(=O)OOOC(=O)c2ccc([Si](C)(C)C)cc2)C1. The van der Waals surface area contributed by atoms with Gasteiger partial charge in [0.25, 0.3) is 0 Å². The molecule has 6 nitrogen and oxygen atoms in total. The van der Waals surface area contributed by atoms with Gasteiger partial charge in [0, 0.05) is 0 Å². The van der Waals surface area contributed by atoms with Gasteiger partial charge in [0.05, 0.1) is 18.7 Å². The van der Waals surface area contributed by atoms with Crippen molar-refractivity contribution in [3.05, 3.63) is 29.8 Å². The first-order valence-electron chi connectivity index (χ1n) is 9.03. The van der Waals surface area contributed by atoms with Gasteiger partial charge in [0.1, 0.15) is 6.10 Å². The summed E-state index contributed by atoms with van der Waals surface area (Å²) >= 11 is 0. The van der Waals surface area contributed by atoms with Gasteiger partial charge in [-0.05, 0) is 36.8 Å². The number of hydrogen-bond acceptors (Lipinski definition) is 6. The molecule has 1 aliphatic rings. The van der Waals surface area contributed by atoms with Gasteiger partial charge >= 0.3 is 12.1 Å². The molecule has 1 aromatic carbocycles. The molecule has 3 atom stereocenters. The van der Waals surface area contributed by atoms with Crippen LogP contribution in [0.2, 0.25) is 19.6 Å². The van der Waals surface area contributed by atoms with Crippen LogP contribution in [0.5, 0.6) is 0 Å². The molecule has 2 rings (SSSR count). The van der Waals surface area contributed by atoms with Gasteiger partial charge in [0.15, 0.2) is 0 Å². The molecule has 1 fully saturated rings. The molecule has 0 aliphatic heterocycles. The van der Waals surface area contributed by atoms with Gasteiger partial charge in [-0.1, -0.05) is 57.2 Å². The fourth-order valence-electron chi connectivity index (χ4n) is 3.02. The third-order valence-electron chi connectivity index (χ3n) is 4.83. The van der Waals surface area contributed by atoms with Crippen molar-refractivity contribution in [2.75, 3.05) is 0 Å². The van der Waals surface area contributed by atoms with Crippen LogP contribution >= 0.6 is 0 Å². The molecule has 1 saturated carbocycles. The van der Waals surface area contributed by atoms with Crippen LogP contribution in [0.25, 0.3) is 0 Å². The first kappa shape index (κ1) is 20.4. The topological polar surface area (TPSA) is 71.1 Å². The minimum Gasteiger partial charge on any atom is -0.429 e. The summed E-state index contributed by atoms with van der Waals surface area (Å²) in [7, 11) is -1.43. The summed E-state index contributed by atoms with van der Waals surface area (Å²) in [5.41, 5.74) is 0.318. The molecule has 144 valence electrons. The lowest BCUT2D eigenvalue weighted by Crippen LogP contribution is -2.37. The smallest absolute Gasteiger partial charge is 0.429 e. The average Bonchev–Trinajstić information content (AvgIpc) is 2.57. The van der Waals surface area contributed by atoms with E-state index in [1.165, 1.54) is 5.19 Å². The molecular formula is C19H28O6Si. The normalized spacial score (nSPS) is 23.2. The van der Waals surface area contributed by atoms with E-state index in [1.807, 2.05) is 19.1 Å². The predicted octanol–water partition coefficient (Wildman–Crippen LogP) is 4.21. The highest BCUT2D eigenvalue weighted by Crippen LogP contribution is 2.30. The molecule has 0 aromatic heterocycles. The molecule has 1 aromatic rings. The highest BCUT2D eigenvalue weighted by Gasteiger charge is 2.29. The van der Waals surface area contributed by atoms with Crippen LogP contribution in [0.15, 0.2) is 24.3 Å². The van der Waals surface area contributed by atoms with E-state index in [0.29, 0.717) is 11.5 Å². The first-order valence-corrected chi connectivity index (χ1v) is 12.5.